The molecule has 1 N–H and O–H groups in total. The number of likely N-dealkylation sites (N-methyl/N-ethyl adjacent to an activating group) is 1. The molecule has 0 bridgehead atoms. The maximum Gasteiger partial charge on any atom is 0.410 e. The maximum atomic E-state index is 12.7. The molecule has 1 fully saturated rings. The van der Waals surface area contributed by atoms with Gasteiger partial charge < -0.3 is 29.3 Å². The molecule has 9 nitrogen and oxygen atoms in total. The average molecular weight is 504 g/mol. The highest BCUT2D eigenvalue weighted by Gasteiger charge is 2.34. The molecule has 33 heavy (non-hydrogen) atoms. The minimum absolute atomic E-state index is 0.150. The van der Waals surface area contributed by atoms with Crippen LogP contribution >= 0.6 is 23.2 Å². The van der Waals surface area contributed by atoms with Crippen LogP contribution in [0.15, 0.2) is 18.2 Å². The van der Waals surface area contributed by atoms with E-state index in [0.717, 1.165) is 5.56 Å². The maximum absolute atomic E-state index is 12.7. The average Bonchev–Trinajstić information content (AvgIpc) is 2.95. The molecule has 1 aliphatic heterocycles. The highest BCUT2D eigenvalue weighted by atomic mass is 35.5. The number of carbonyl (C=O) groups excluding carboxylic acids is 3. The van der Waals surface area contributed by atoms with Crippen LogP contribution in [0.2, 0.25) is 10.0 Å². The van der Waals surface area contributed by atoms with Crippen LogP contribution in [0, 0.1) is 0 Å². The largest absolute Gasteiger partial charge is 0.468 e. The summed E-state index contributed by atoms with van der Waals surface area (Å²) in [5.74, 6) is -0.846. The summed E-state index contributed by atoms with van der Waals surface area (Å²) in [6.45, 7) is 6.27. The lowest BCUT2D eigenvalue weighted by molar-refractivity contribution is -0.141. The normalized spacial score (nSPS) is 18.8. The zero-order chi connectivity index (χ0) is 24.8. The summed E-state index contributed by atoms with van der Waals surface area (Å²) in [4.78, 5) is 39.4. The van der Waals surface area contributed by atoms with Crippen LogP contribution in [0.3, 0.4) is 0 Å². The van der Waals surface area contributed by atoms with E-state index < -0.39 is 29.8 Å². The number of hydrogen-bond donors (Lipinski definition) is 1. The van der Waals surface area contributed by atoms with Gasteiger partial charge in [0, 0.05) is 32.6 Å². The molecule has 0 unspecified atom stereocenters. The van der Waals surface area contributed by atoms with Gasteiger partial charge >= 0.3 is 18.1 Å². The second-order valence-electron chi connectivity index (χ2n) is 8.73. The van der Waals surface area contributed by atoms with Gasteiger partial charge in [0.05, 0.1) is 29.9 Å². The highest BCUT2D eigenvalue weighted by molar-refractivity contribution is 6.42. The number of nitrogens with one attached hydrogen (secondary N) is 1. The zero-order valence-electron chi connectivity index (χ0n) is 19.5. The smallest absolute Gasteiger partial charge is 0.410 e. The number of nitrogens with zero attached hydrogens (tertiary/aromatic N) is 2. The van der Waals surface area contributed by atoms with Crippen molar-refractivity contribution in [1.29, 1.82) is 0 Å². The summed E-state index contributed by atoms with van der Waals surface area (Å²) >= 11 is 12.3. The minimum Gasteiger partial charge on any atom is -0.468 e. The predicted octanol–water partition coefficient (Wildman–Crippen LogP) is 3.53. The van der Waals surface area contributed by atoms with Crippen LogP contribution in [0.1, 0.15) is 32.3 Å². The summed E-state index contributed by atoms with van der Waals surface area (Å²) in [6, 6.07) is 4.78. The molecule has 1 aromatic rings. The molecular formula is C22H31Cl2N3O6. The van der Waals surface area contributed by atoms with Gasteiger partial charge in [-0.3, -0.25) is 4.79 Å². The van der Waals surface area contributed by atoms with E-state index in [0.29, 0.717) is 23.1 Å². The van der Waals surface area contributed by atoms with E-state index in [1.807, 2.05) is 6.07 Å². The fourth-order valence-electron chi connectivity index (χ4n) is 3.29. The van der Waals surface area contributed by atoms with Crippen molar-refractivity contribution in [2.75, 3.05) is 46.9 Å². The Bertz CT molecular complexity index is 861. The Morgan fingerprint density at radius 1 is 1.24 bits per heavy atom. The third kappa shape index (κ3) is 8.24. The molecule has 1 heterocycles. The van der Waals surface area contributed by atoms with Gasteiger partial charge in [-0.2, -0.15) is 0 Å². The van der Waals surface area contributed by atoms with Gasteiger partial charge in [0.1, 0.15) is 12.1 Å². The van der Waals surface area contributed by atoms with Gasteiger partial charge in [-0.05, 0) is 38.5 Å². The molecule has 0 radical (unpaired) electrons. The van der Waals surface area contributed by atoms with Gasteiger partial charge in [-0.15, -0.1) is 0 Å². The number of rotatable bonds is 5. The van der Waals surface area contributed by atoms with Gasteiger partial charge in [0.15, 0.2) is 0 Å². The van der Waals surface area contributed by atoms with Gasteiger partial charge in [-0.1, -0.05) is 29.3 Å². The first-order valence-corrected chi connectivity index (χ1v) is 11.3. The van der Waals surface area contributed by atoms with E-state index in [2.05, 4.69) is 10.1 Å². The SMILES string of the molecule is COC(=O)CN(C)C(=O)NC[C@H]1OCCN(C(=O)OC(C)(C)C)C[C@H]1c1ccc(Cl)c(Cl)c1. The summed E-state index contributed by atoms with van der Waals surface area (Å²) in [6.07, 6.45) is -0.913. The summed E-state index contributed by atoms with van der Waals surface area (Å²) in [5.41, 5.74) is 0.169. The van der Waals surface area contributed by atoms with Crippen molar-refractivity contribution >= 4 is 41.3 Å². The van der Waals surface area contributed by atoms with E-state index in [9.17, 15) is 14.4 Å². The van der Waals surface area contributed by atoms with Crippen LogP contribution < -0.4 is 5.32 Å². The molecule has 0 aromatic heterocycles. The quantitative estimate of drug-likeness (QED) is 0.617. The monoisotopic (exact) mass is 503 g/mol. The molecule has 0 spiro atoms. The summed E-state index contributed by atoms with van der Waals surface area (Å²) in [5, 5.41) is 3.57. The van der Waals surface area contributed by atoms with Crippen LogP contribution in [0.4, 0.5) is 9.59 Å². The molecule has 2 atom stereocenters. The number of benzene rings is 1. The lowest BCUT2D eigenvalue weighted by atomic mass is 9.92. The van der Waals surface area contributed by atoms with E-state index in [-0.39, 0.29) is 25.6 Å². The predicted molar refractivity (Wildman–Crippen MR) is 125 cm³/mol. The Hall–Kier alpha value is -2.23. The fraction of sp³-hybridized carbons (Fsp3) is 0.591. The number of esters is 1. The Morgan fingerprint density at radius 2 is 1.94 bits per heavy atom. The number of amides is 3. The number of hydrogen-bond acceptors (Lipinski definition) is 6. The number of ether oxygens (including phenoxy) is 3. The molecular weight excluding hydrogens is 473 g/mol. The number of methoxy groups -OCH3 is 1. The van der Waals surface area contributed by atoms with Crippen molar-refractivity contribution in [2.24, 2.45) is 0 Å². The lowest BCUT2D eigenvalue weighted by Crippen LogP contribution is -2.45. The van der Waals surface area contributed by atoms with E-state index in [1.165, 1.54) is 19.1 Å². The third-order valence-electron chi connectivity index (χ3n) is 4.98. The Labute approximate surface area is 204 Å². The Morgan fingerprint density at radius 3 is 2.55 bits per heavy atom. The first-order chi connectivity index (χ1) is 15.4. The first-order valence-electron chi connectivity index (χ1n) is 10.5. The number of carbonyl (C=O) groups is 3. The van der Waals surface area contributed by atoms with Crippen LogP contribution in [-0.4, -0.2) is 86.5 Å². The minimum atomic E-state index is -0.638. The van der Waals surface area contributed by atoms with Crippen molar-refractivity contribution in [2.45, 2.75) is 38.4 Å². The van der Waals surface area contributed by atoms with E-state index in [1.54, 1.807) is 37.8 Å². The van der Waals surface area contributed by atoms with Crippen molar-refractivity contribution < 1.29 is 28.6 Å². The Kier molecular flexibility index (Phi) is 9.63. The molecule has 184 valence electrons. The lowest BCUT2D eigenvalue weighted by Gasteiger charge is -2.30. The fourth-order valence-corrected chi connectivity index (χ4v) is 3.59. The number of urea groups is 1. The van der Waals surface area contributed by atoms with Crippen molar-refractivity contribution in [3.05, 3.63) is 33.8 Å². The van der Waals surface area contributed by atoms with Gasteiger partial charge in [0.25, 0.3) is 0 Å². The van der Waals surface area contributed by atoms with E-state index in [4.69, 9.17) is 32.7 Å². The van der Waals surface area contributed by atoms with Gasteiger partial charge in [-0.25, -0.2) is 9.59 Å². The molecule has 0 aliphatic carbocycles. The zero-order valence-corrected chi connectivity index (χ0v) is 21.0. The van der Waals surface area contributed by atoms with E-state index >= 15 is 0 Å². The van der Waals surface area contributed by atoms with Gasteiger partial charge in [0.2, 0.25) is 0 Å². The molecule has 1 aromatic carbocycles. The summed E-state index contributed by atoms with van der Waals surface area (Å²) < 4.78 is 16.2. The second kappa shape index (κ2) is 11.8. The topological polar surface area (TPSA) is 97.4 Å². The highest BCUT2D eigenvalue weighted by Crippen LogP contribution is 2.31. The first kappa shape index (κ1) is 27.0. The standard InChI is InChI=1S/C22H31Cl2N3O6/c1-22(2,3)33-21(30)27-8-9-32-18(11-25-20(29)26(4)13-19(28)31-5)15(12-27)14-6-7-16(23)17(24)10-14/h6-7,10,15,18H,8-9,11-13H2,1-5H3,(H,25,29)/t15-,18+/m0/s1. The molecule has 1 saturated heterocycles. The molecule has 11 heteroatoms. The molecule has 0 saturated carbocycles. The van der Waals surface area contributed by atoms with Crippen molar-refractivity contribution in [3.8, 4) is 0 Å². The number of halogens is 2. The van der Waals surface area contributed by atoms with Crippen LogP contribution in [0.25, 0.3) is 0 Å². The summed E-state index contributed by atoms with van der Waals surface area (Å²) in [7, 11) is 2.74. The molecule has 3 amide bonds. The van der Waals surface area contributed by atoms with Crippen molar-refractivity contribution in [1.82, 2.24) is 15.1 Å². The van der Waals surface area contributed by atoms with Crippen LogP contribution in [-0.2, 0) is 19.0 Å². The Balaban J connectivity index is 2.20. The molecule has 1 aliphatic rings. The van der Waals surface area contributed by atoms with Crippen LogP contribution in [0.5, 0.6) is 0 Å². The second-order valence-corrected chi connectivity index (χ2v) is 9.55. The third-order valence-corrected chi connectivity index (χ3v) is 5.72. The molecule has 2 rings (SSSR count). The van der Waals surface area contributed by atoms with Crippen molar-refractivity contribution in [3.63, 3.8) is 0 Å².